The lowest BCUT2D eigenvalue weighted by molar-refractivity contribution is -0.884. The lowest BCUT2D eigenvalue weighted by Gasteiger charge is -2.24. The Morgan fingerprint density at radius 3 is 2.38 bits per heavy atom. The summed E-state index contributed by atoms with van der Waals surface area (Å²) in [6.45, 7) is 1.03. The molecular weight excluding hydrogens is 262 g/mol. The highest BCUT2D eigenvalue weighted by atomic mass is 79.9. The maximum absolute atomic E-state index is 3.72. The van der Waals surface area contributed by atoms with Crippen molar-refractivity contribution in [3.8, 4) is 0 Å². The van der Waals surface area contributed by atoms with Gasteiger partial charge in [0.2, 0.25) is 0 Å². The third-order valence-corrected chi connectivity index (χ3v) is 3.52. The summed E-state index contributed by atoms with van der Waals surface area (Å²) in [5.74, 6) is 0. The molecule has 2 heteroatoms. The van der Waals surface area contributed by atoms with Crippen molar-refractivity contribution in [2.24, 2.45) is 0 Å². The van der Waals surface area contributed by atoms with Crippen LogP contribution < -0.4 is 0 Å². The standard InChI is InChI=1S/C14H17BrN/c1-16(2,3)10-12-9-8-11-6-4-5-7-13(11)14(12)15/h4-9H,10H2,1-3H3/q+1. The van der Waals surface area contributed by atoms with Crippen molar-refractivity contribution in [3.05, 3.63) is 46.4 Å². The fraction of sp³-hybridized carbons (Fsp3) is 0.286. The molecule has 0 bridgehead atoms. The van der Waals surface area contributed by atoms with E-state index in [1.807, 2.05) is 0 Å². The number of hydrogen-bond donors (Lipinski definition) is 0. The first-order valence-corrected chi connectivity index (χ1v) is 6.23. The summed E-state index contributed by atoms with van der Waals surface area (Å²) in [6.07, 6.45) is 0. The first-order valence-electron chi connectivity index (χ1n) is 5.44. The molecule has 2 rings (SSSR count). The lowest BCUT2D eigenvalue weighted by Crippen LogP contribution is -2.33. The van der Waals surface area contributed by atoms with E-state index in [0.717, 1.165) is 11.0 Å². The zero-order valence-corrected chi connectivity index (χ0v) is 11.6. The van der Waals surface area contributed by atoms with Crippen molar-refractivity contribution < 1.29 is 4.48 Å². The second-order valence-electron chi connectivity index (χ2n) is 5.21. The van der Waals surface area contributed by atoms with Gasteiger partial charge in [-0.05, 0) is 26.7 Å². The summed E-state index contributed by atoms with van der Waals surface area (Å²) < 4.78 is 2.18. The fourth-order valence-electron chi connectivity index (χ4n) is 1.91. The van der Waals surface area contributed by atoms with E-state index in [4.69, 9.17) is 0 Å². The van der Waals surface area contributed by atoms with E-state index < -0.39 is 0 Å². The number of rotatable bonds is 2. The quantitative estimate of drug-likeness (QED) is 0.733. The summed E-state index contributed by atoms with van der Waals surface area (Å²) in [5.41, 5.74) is 1.37. The molecule has 0 amide bonds. The highest BCUT2D eigenvalue weighted by Gasteiger charge is 2.12. The topological polar surface area (TPSA) is 0 Å². The molecule has 0 fully saturated rings. The van der Waals surface area contributed by atoms with Gasteiger partial charge >= 0.3 is 0 Å². The molecule has 0 aromatic heterocycles. The zero-order chi connectivity index (χ0) is 11.8. The van der Waals surface area contributed by atoms with E-state index in [1.54, 1.807) is 0 Å². The Labute approximate surface area is 105 Å². The van der Waals surface area contributed by atoms with Crippen LogP contribution in [0.4, 0.5) is 0 Å². The van der Waals surface area contributed by atoms with E-state index >= 15 is 0 Å². The molecule has 1 nitrogen and oxygen atoms in total. The number of benzene rings is 2. The van der Waals surface area contributed by atoms with E-state index in [0.29, 0.717) is 0 Å². The Kier molecular flexibility index (Phi) is 3.04. The van der Waals surface area contributed by atoms with Crippen molar-refractivity contribution in [2.75, 3.05) is 21.1 Å². The summed E-state index contributed by atoms with van der Waals surface area (Å²) in [4.78, 5) is 0. The fourth-order valence-corrected chi connectivity index (χ4v) is 2.53. The van der Waals surface area contributed by atoms with Crippen molar-refractivity contribution in [1.82, 2.24) is 0 Å². The molecule has 0 atom stereocenters. The van der Waals surface area contributed by atoms with Crippen molar-refractivity contribution >= 4 is 26.7 Å². The van der Waals surface area contributed by atoms with Gasteiger partial charge in [-0.25, -0.2) is 0 Å². The highest BCUT2D eigenvalue weighted by molar-refractivity contribution is 9.10. The van der Waals surface area contributed by atoms with Crippen LogP contribution in [0.2, 0.25) is 0 Å². The SMILES string of the molecule is C[N+](C)(C)Cc1ccc2ccccc2c1Br. The minimum Gasteiger partial charge on any atom is -0.327 e. The van der Waals surface area contributed by atoms with Gasteiger partial charge in [0.1, 0.15) is 6.54 Å². The molecule has 0 N–H and O–H groups in total. The van der Waals surface area contributed by atoms with Gasteiger partial charge in [0.05, 0.1) is 21.1 Å². The van der Waals surface area contributed by atoms with Crippen LogP contribution in [0.5, 0.6) is 0 Å². The predicted octanol–water partition coefficient (Wildman–Crippen LogP) is 3.81. The van der Waals surface area contributed by atoms with Crippen LogP contribution in [0.3, 0.4) is 0 Å². The van der Waals surface area contributed by atoms with Crippen molar-refractivity contribution in [1.29, 1.82) is 0 Å². The van der Waals surface area contributed by atoms with E-state index in [1.165, 1.54) is 20.8 Å². The molecule has 0 saturated heterocycles. The van der Waals surface area contributed by atoms with Gasteiger partial charge in [0.15, 0.2) is 0 Å². The molecule has 2 aromatic rings. The number of quaternary nitrogens is 1. The summed E-state index contributed by atoms with van der Waals surface area (Å²) in [6, 6.07) is 12.9. The molecule has 0 saturated carbocycles. The van der Waals surface area contributed by atoms with Gasteiger partial charge in [0, 0.05) is 10.0 Å². The molecular formula is C14H17BrN+. The third kappa shape index (κ3) is 2.45. The van der Waals surface area contributed by atoms with E-state index in [-0.39, 0.29) is 0 Å². The van der Waals surface area contributed by atoms with Crippen LogP contribution >= 0.6 is 15.9 Å². The molecule has 16 heavy (non-hydrogen) atoms. The monoisotopic (exact) mass is 278 g/mol. The number of hydrogen-bond acceptors (Lipinski definition) is 0. The molecule has 2 aromatic carbocycles. The molecule has 0 aliphatic carbocycles. The van der Waals surface area contributed by atoms with Crippen LogP contribution in [0, 0.1) is 0 Å². The van der Waals surface area contributed by atoms with Crippen molar-refractivity contribution in [2.45, 2.75) is 6.54 Å². The maximum Gasteiger partial charge on any atom is 0.105 e. The molecule has 0 spiro atoms. The van der Waals surface area contributed by atoms with Gasteiger partial charge in [-0.1, -0.05) is 36.4 Å². The summed E-state index contributed by atoms with van der Waals surface area (Å²) in [5, 5.41) is 2.59. The van der Waals surface area contributed by atoms with Gasteiger partial charge in [0.25, 0.3) is 0 Å². The van der Waals surface area contributed by atoms with Crippen LogP contribution in [-0.2, 0) is 6.54 Å². The van der Waals surface area contributed by atoms with E-state index in [2.05, 4.69) is 73.5 Å². The van der Waals surface area contributed by atoms with Gasteiger partial charge < -0.3 is 4.48 Å². The molecule has 0 unspecified atom stereocenters. The Morgan fingerprint density at radius 1 is 1.00 bits per heavy atom. The van der Waals surface area contributed by atoms with Gasteiger partial charge in [-0.2, -0.15) is 0 Å². The van der Waals surface area contributed by atoms with Crippen LogP contribution in [-0.4, -0.2) is 25.6 Å². The minimum absolute atomic E-state index is 0.941. The van der Waals surface area contributed by atoms with Crippen LogP contribution in [0.1, 0.15) is 5.56 Å². The first kappa shape index (κ1) is 11.6. The Morgan fingerprint density at radius 2 is 1.69 bits per heavy atom. The van der Waals surface area contributed by atoms with Gasteiger partial charge in [-0.3, -0.25) is 0 Å². The normalized spacial score (nSPS) is 12.0. The highest BCUT2D eigenvalue weighted by Crippen LogP contribution is 2.28. The third-order valence-electron chi connectivity index (χ3n) is 2.59. The molecule has 0 heterocycles. The number of fused-ring (bicyclic) bond motifs is 1. The predicted molar refractivity (Wildman–Crippen MR) is 73.4 cm³/mol. The average molecular weight is 279 g/mol. The molecule has 0 radical (unpaired) electrons. The molecule has 0 aliphatic heterocycles. The Balaban J connectivity index is 2.53. The largest absolute Gasteiger partial charge is 0.327 e. The van der Waals surface area contributed by atoms with E-state index in [9.17, 15) is 0 Å². The number of halogens is 1. The van der Waals surface area contributed by atoms with Gasteiger partial charge in [-0.15, -0.1) is 0 Å². The number of nitrogens with zero attached hydrogens (tertiary/aromatic N) is 1. The minimum atomic E-state index is 0.941. The second kappa shape index (κ2) is 4.19. The lowest BCUT2D eigenvalue weighted by atomic mass is 10.1. The van der Waals surface area contributed by atoms with Crippen LogP contribution in [0.25, 0.3) is 10.8 Å². The molecule has 84 valence electrons. The Hall–Kier alpha value is -0.860. The maximum atomic E-state index is 3.72. The zero-order valence-electron chi connectivity index (χ0n) is 10.00. The van der Waals surface area contributed by atoms with Crippen molar-refractivity contribution in [3.63, 3.8) is 0 Å². The van der Waals surface area contributed by atoms with Crippen LogP contribution in [0.15, 0.2) is 40.9 Å². The molecule has 0 aliphatic rings. The Bertz CT molecular complexity index is 512. The summed E-state index contributed by atoms with van der Waals surface area (Å²) >= 11 is 3.72. The first-order chi connectivity index (χ1) is 7.47. The summed E-state index contributed by atoms with van der Waals surface area (Å²) in [7, 11) is 6.63. The smallest absolute Gasteiger partial charge is 0.105 e. The second-order valence-corrected chi connectivity index (χ2v) is 6.00. The average Bonchev–Trinajstić information content (AvgIpc) is 2.21.